The highest BCUT2D eigenvalue weighted by Gasteiger charge is 2.26. The van der Waals surface area contributed by atoms with Crippen LogP contribution in [-0.4, -0.2) is 56.7 Å². The molecular formula is C21H25ClN6O. The predicted octanol–water partition coefficient (Wildman–Crippen LogP) is 2.35. The Morgan fingerprint density at radius 2 is 1.79 bits per heavy atom. The van der Waals surface area contributed by atoms with Gasteiger partial charge in [0.1, 0.15) is 0 Å². The summed E-state index contributed by atoms with van der Waals surface area (Å²) in [5.74, 6) is 0.658. The van der Waals surface area contributed by atoms with E-state index in [9.17, 15) is 4.79 Å². The minimum atomic E-state index is -0.0546. The van der Waals surface area contributed by atoms with Gasteiger partial charge in [0.05, 0.1) is 6.20 Å². The van der Waals surface area contributed by atoms with Crippen LogP contribution in [0.4, 0.5) is 0 Å². The zero-order valence-electron chi connectivity index (χ0n) is 16.4. The zero-order chi connectivity index (χ0) is 19.3. The molecule has 3 aromatic rings. The highest BCUT2D eigenvalue weighted by Crippen LogP contribution is 2.31. The third-order valence-electron chi connectivity index (χ3n) is 5.22. The SMILES string of the molecule is Cc1c(C(CC(=O)N2CCNCC2)c2ccccc2)cnn1-c1ncccn1.Cl. The molecule has 29 heavy (non-hydrogen) atoms. The van der Waals surface area contributed by atoms with E-state index in [0.717, 1.165) is 43.0 Å². The fourth-order valence-corrected chi connectivity index (χ4v) is 3.68. The zero-order valence-corrected chi connectivity index (χ0v) is 17.2. The second kappa shape index (κ2) is 9.62. The van der Waals surface area contributed by atoms with Crippen LogP contribution in [0.25, 0.3) is 5.95 Å². The number of halogens is 1. The van der Waals surface area contributed by atoms with Crippen LogP contribution in [0.3, 0.4) is 0 Å². The number of aromatic nitrogens is 4. The van der Waals surface area contributed by atoms with E-state index in [1.165, 1.54) is 0 Å². The van der Waals surface area contributed by atoms with Crippen LogP contribution in [0.5, 0.6) is 0 Å². The van der Waals surface area contributed by atoms with Gasteiger partial charge in [-0.15, -0.1) is 12.4 Å². The van der Waals surface area contributed by atoms with Crippen molar-refractivity contribution in [2.75, 3.05) is 26.2 Å². The number of hydrogen-bond donors (Lipinski definition) is 1. The molecule has 0 bridgehead atoms. The molecule has 7 nitrogen and oxygen atoms in total. The van der Waals surface area contributed by atoms with Gasteiger partial charge < -0.3 is 10.2 Å². The lowest BCUT2D eigenvalue weighted by Crippen LogP contribution is -2.46. The Morgan fingerprint density at radius 1 is 1.10 bits per heavy atom. The van der Waals surface area contributed by atoms with E-state index in [-0.39, 0.29) is 24.2 Å². The van der Waals surface area contributed by atoms with Gasteiger partial charge in [-0.1, -0.05) is 30.3 Å². The minimum Gasteiger partial charge on any atom is -0.340 e. The van der Waals surface area contributed by atoms with Gasteiger partial charge in [-0.3, -0.25) is 4.79 Å². The van der Waals surface area contributed by atoms with Crippen molar-refractivity contribution in [2.24, 2.45) is 0 Å². The highest BCUT2D eigenvalue weighted by atomic mass is 35.5. The van der Waals surface area contributed by atoms with E-state index in [1.54, 1.807) is 23.1 Å². The third kappa shape index (κ3) is 4.63. The van der Waals surface area contributed by atoms with Crippen LogP contribution in [0, 0.1) is 6.92 Å². The van der Waals surface area contributed by atoms with Crippen LogP contribution in [0.15, 0.2) is 55.0 Å². The lowest BCUT2D eigenvalue weighted by Gasteiger charge is -2.29. The first-order valence-corrected chi connectivity index (χ1v) is 9.59. The van der Waals surface area contributed by atoms with Crippen molar-refractivity contribution >= 4 is 18.3 Å². The van der Waals surface area contributed by atoms with E-state index in [1.807, 2.05) is 36.2 Å². The summed E-state index contributed by atoms with van der Waals surface area (Å²) >= 11 is 0. The van der Waals surface area contributed by atoms with Crippen LogP contribution in [-0.2, 0) is 4.79 Å². The third-order valence-corrected chi connectivity index (χ3v) is 5.22. The van der Waals surface area contributed by atoms with Crippen LogP contribution in [0.2, 0.25) is 0 Å². The highest BCUT2D eigenvalue weighted by molar-refractivity contribution is 5.85. The normalized spacial score (nSPS) is 14.9. The van der Waals surface area contributed by atoms with Crippen LogP contribution < -0.4 is 5.32 Å². The Morgan fingerprint density at radius 3 is 2.48 bits per heavy atom. The molecule has 0 radical (unpaired) electrons. The summed E-state index contributed by atoms with van der Waals surface area (Å²) in [6.07, 6.45) is 5.66. The molecule has 1 aromatic carbocycles. The molecule has 0 spiro atoms. The topological polar surface area (TPSA) is 75.9 Å². The molecule has 152 valence electrons. The van der Waals surface area contributed by atoms with Crippen LogP contribution in [0.1, 0.15) is 29.2 Å². The molecule has 1 saturated heterocycles. The van der Waals surface area contributed by atoms with Crippen LogP contribution >= 0.6 is 12.4 Å². The lowest BCUT2D eigenvalue weighted by atomic mass is 9.88. The first-order chi connectivity index (χ1) is 13.7. The fraction of sp³-hybridized carbons (Fsp3) is 0.333. The number of rotatable bonds is 5. The molecule has 8 heteroatoms. The van der Waals surface area contributed by atoms with Crippen molar-refractivity contribution in [3.63, 3.8) is 0 Å². The Labute approximate surface area is 176 Å². The molecule has 1 unspecified atom stereocenters. The standard InChI is InChI=1S/C21H24N6O.ClH/c1-16-19(15-25-27(16)21-23-8-5-9-24-21)18(17-6-3-2-4-7-17)14-20(28)26-12-10-22-11-13-26;/h2-9,15,18,22H,10-14H2,1H3;1H. The number of carbonyl (C=O) groups is 1. The van der Waals surface area contributed by atoms with Crippen molar-refractivity contribution < 1.29 is 4.79 Å². The average Bonchev–Trinajstić information content (AvgIpc) is 3.15. The lowest BCUT2D eigenvalue weighted by molar-refractivity contribution is -0.132. The molecule has 3 heterocycles. The quantitative estimate of drug-likeness (QED) is 0.696. The van der Waals surface area contributed by atoms with Gasteiger partial charge in [0, 0.05) is 62.2 Å². The first-order valence-electron chi connectivity index (χ1n) is 9.59. The number of amides is 1. The molecule has 1 atom stereocenters. The molecule has 1 N–H and O–H groups in total. The molecule has 1 aliphatic rings. The monoisotopic (exact) mass is 412 g/mol. The van der Waals surface area contributed by atoms with Crippen molar-refractivity contribution in [1.29, 1.82) is 0 Å². The number of carbonyl (C=O) groups excluding carboxylic acids is 1. The van der Waals surface area contributed by atoms with Crippen molar-refractivity contribution in [2.45, 2.75) is 19.3 Å². The van der Waals surface area contributed by atoms with E-state index >= 15 is 0 Å². The van der Waals surface area contributed by atoms with Crippen molar-refractivity contribution in [3.05, 3.63) is 71.8 Å². The van der Waals surface area contributed by atoms with Gasteiger partial charge in [0.25, 0.3) is 5.95 Å². The number of piperazine rings is 1. The Hall–Kier alpha value is -2.77. The molecule has 2 aromatic heterocycles. The van der Waals surface area contributed by atoms with E-state index in [2.05, 4.69) is 32.5 Å². The Kier molecular flexibility index (Phi) is 6.95. The number of hydrogen-bond acceptors (Lipinski definition) is 5. The van der Waals surface area contributed by atoms with Crippen molar-refractivity contribution in [1.82, 2.24) is 30.0 Å². The second-order valence-corrected chi connectivity index (χ2v) is 6.94. The van der Waals surface area contributed by atoms with Gasteiger partial charge in [-0.2, -0.15) is 5.10 Å². The fourth-order valence-electron chi connectivity index (χ4n) is 3.68. The second-order valence-electron chi connectivity index (χ2n) is 6.94. The summed E-state index contributed by atoms with van der Waals surface area (Å²) in [5, 5.41) is 7.80. The van der Waals surface area contributed by atoms with Gasteiger partial charge in [-0.25, -0.2) is 14.6 Å². The van der Waals surface area contributed by atoms with E-state index < -0.39 is 0 Å². The molecular weight excluding hydrogens is 388 g/mol. The summed E-state index contributed by atoms with van der Waals surface area (Å²) in [6, 6.07) is 11.9. The number of nitrogens with zero attached hydrogens (tertiary/aromatic N) is 5. The Balaban J connectivity index is 0.00000240. The molecule has 0 saturated carbocycles. The van der Waals surface area contributed by atoms with E-state index in [0.29, 0.717) is 12.4 Å². The van der Waals surface area contributed by atoms with Gasteiger partial charge in [-0.05, 0) is 18.6 Å². The summed E-state index contributed by atoms with van der Waals surface area (Å²) in [5.41, 5.74) is 3.10. The summed E-state index contributed by atoms with van der Waals surface area (Å²) < 4.78 is 1.74. The number of nitrogens with one attached hydrogen (secondary N) is 1. The Bertz CT molecular complexity index is 925. The average molecular weight is 413 g/mol. The first kappa shape index (κ1) is 21.0. The van der Waals surface area contributed by atoms with Gasteiger partial charge in [0.2, 0.25) is 5.91 Å². The molecule has 0 aliphatic carbocycles. The predicted molar refractivity (Wildman–Crippen MR) is 113 cm³/mol. The van der Waals surface area contributed by atoms with Crippen molar-refractivity contribution in [3.8, 4) is 5.95 Å². The molecule has 1 aliphatic heterocycles. The smallest absolute Gasteiger partial charge is 0.250 e. The summed E-state index contributed by atoms with van der Waals surface area (Å²) in [4.78, 5) is 23.5. The van der Waals surface area contributed by atoms with Gasteiger partial charge >= 0.3 is 0 Å². The maximum absolute atomic E-state index is 13.0. The maximum atomic E-state index is 13.0. The summed E-state index contributed by atoms with van der Waals surface area (Å²) in [6.45, 7) is 5.23. The van der Waals surface area contributed by atoms with Gasteiger partial charge in [0.15, 0.2) is 0 Å². The largest absolute Gasteiger partial charge is 0.340 e. The minimum absolute atomic E-state index is 0. The molecule has 1 fully saturated rings. The van der Waals surface area contributed by atoms with E-state index in [4.69, 9.17) is 0 Å². The summed E-state index contributed by atoms with van der Waals surface area (Å²) in [7, 11) is 0. The molecule has 4 rings (SSSR count). The number of benzene rings is 1. The maximum Gasteiger partial charge on any atom is 0.250 e. The molecule has 1 amide bonds.